The Balaban J connectivity index is 2.28. The van der Waals surface area contributed by atoms with Gasteiger partial charge < -0.3 is 0 Å². The predicted molar refractivity (Wildman–Crippen MR) is 72.0 cm³/mol. The van der Waals surface area contributed by atoms with Gasteiger partial charge in [-0.3, -0.25) is 14.5 Å². The largest absolute Gasteiger partial charge is 0.293 e. The number of carbonyl (C=O) groups excluding carboxylic acids is 2. The van der Waals surface area contributed by atoms with E-state index >= 15 is 0 Å². The van der Waals surface area contributed by atoms with Crippen LogP contribution in [0.3, 0.4) is 0 Å². The lowest BCUT2D eigenvalue weighted by Gasteiger charge is -2.16. The Hall–Kier alpha value is -1.07. The fraction of sp³-hybridized carbons (Fsp3) is 0.333. The summed E-state index contributed by atoms with van der Waals surface area (Å²) in [5.74, 6) is -0.180. The van der Waals surface area contributed by atoms with Crippen molar-refractivity contribution in [2.24, 2.45) is 0 Å². The van der Waals surface area contributed by atoms with Gasteiger partial charge in [-0.1, -0.05) is 0 Å². The first-order valence-electron chi connectivity index (χ1n) is 5.32. The molecule has 0 radical (unpaired) electrons. The molecular formula is C12H13NO2S2. The molecule has 1 fully saturated rings. The van der Waals surface area contributed by atoms with Crippen LogP contribution in [0, 0.1) is 6.92 Å². The normalized spacial score (nSPS) is 18.8. The van der Waals surface area contributed by atoms with E-state index in [9.17, 15) is 9.59 Å². The molecular weight excluding hydrogens is 254 g/mol. The molecule has 0 unspecified atom stereocenters. The van der Waals surface area contributed by atoms with E-state index in [1.807, 2.05) is 32.9 Å². The molecule has 90 valence electrons. The summed E-state index contributed by atoms with van der Waals surface area (Å²) in [7, 11) is 0. The molecule has 1 aromatic rings. The second kappa shape index (κ2) is 4.66. The third kappa shape index (κ3) is 2.45. The zero-order valence-electron chi connectivity index (χ0n) is 9.89. The summed E-state index contributed by atoms with van der Waals surface area (Å²) in [5.41, 5.74) is 0. The fourth-order valence-electron chi connectivity index (χ4n) is 1.59. The topological polar surface area (TPSA) is 37.4 Å². The Kier molecular flexibility index (Phi) is 3.40. The molecule has 3 nitrogen and oxygen atoms in total. The Morgan fingerprint density at radius 3 is 2.47 bits per heavy atom. The lowest BCUT2D eigenvalue weighted by atomic mass is 10.3. The van der Waals surface area contributed by atoms with Gasteiger partial charge in [-0.25, -0.2) is 0 Å². The summed E-state index contributed by atoms with van der Waals surface area (Å²) in [6, 6.07) is 3.88. The van der Waals surface area contributed by atoms with Gasteiger partial charge in [0.25, 0.3) is 11.1 Å². The molecule has 2 amide bonds. The van der Waals surface area contributed by atoms with E-state index in [0.717, 1.165) is 16.6 Å². The summed E-state index contributed by atoms with van der Waals surface area (Å²) < 4.78 is 0. The lowest BCUT2D eigenvalue weighted by molar-refractivity contribution is -0.123. The van der Waals surface area contributed by atoms with E-state index in [4.69, 9.17) is 0 Å². The molecule has 0 spiro atoms. The highest BCUT2D eigenvalue weighted by Gasteiger charge is 2.36. The van der Waals surface area contributed by atoms with E-state index < -0.39 is 0 Å². The number of nitrogens with zero attached hydrogens (tertiary/aromatic N) is 1. The van der Waals surface area contributed by atoms with Gasteiger partial charge in [0.2, 0.25) is 0 Å². The SMILES string of the molecule is Cc1ccc(/C=C2/SC(=O)N(C(C)C)C2=O)s1. The smallest absolute Gasteiger partial charge is 0.268 e. The van der Waals surface area contributed by atoms with Crippen LogP contribution in [0.5, 0.6) is 0 Å². The number of amides is 2. The van der Waals surface area contributed by atoms with Gasteiger partial charge in [0.05, 0.1) is 4.91 Å². The van der Waals surface area contributed by atoms with Crippen molar-refractivity contribution < 1.29 is 9.59 Å². The quantitative estimate of drug-likeness (QED) is 0.770. The third-order valence-electron chi connectivity index (χ3n) is 2.37. The lowest BCUT2D eigenvalue weighted by Crippen LogP contribution is -2.34. The van der Waals surface area contributed by atoms with Crippen LogP contribution in [0.2, 0.25) is 0 Å². The molecule has 2 rings (SSSR count). The number of hydrogen-bond acceptors (Lipinski definition) is 4. The van der Waals surface area contributed by atoms with Crippen LogP contribution in [0.15, 0.2) is 17.0 Å². The zero-order chi connectivity index (χ0) is 12.6. The first-order valence-corrected chi connectivity index (χ1v) is 6.96. The fourth-order valence-corrected chi connectivity index (χ4v) is 3.43. The summed E-state index contributed by atoms with van der Waals surface area (Å²) in [6.45, 7) is 5.70. The van der Waals surface area contributed by atoms with E-state index in [2.05, 4.69) is 0 Å². The zero-order valence-corrected chi connectivity index (χ0v) is 11.5. The van der Waals surface area contributed by atoms with Gasteiger partial charge in [0.15, 0.2) is 0 Å². The van der Waals surface area contributed by atoms with Crippen molar-refractivity contribution in [2.75, 3.05) is 0 Å². The second-order valence-corrected chi connectivity index (χ2v) is 6.41. The number of thiophene rings is 1. The average molecular weight is 267 g/mol. The standard InChI is InChI=1S/C12H13NO2S2/c1-7(2)13-11(14)10(17-12(13)15)6-9-5-4-8(3)16-9/h4-7H,1-3H3/b10-6+. The molecule has 2 heterocycles. The van der Waals surface area contributed by atoms with Crippen LogP contribution in [0.4, 0.5) is 4.79 Å². The molecule has 0 N–H and O–H groups in total. The second-order valence-electron chi connectivity index (χ2n) is 4.09. The third-order valence-corrected chi connectivity index (χ3v) is 4.21. The van der Waals surface area contributed by atoms with Crippen molar-refractivity contribution in [3.63, 3.8) is 0 Å². The van der Waals surface area contributed by atoms with Gasteiger partial charge in [-0.2, -0.15) is 0 Å². The monoisotopic (exact) mass is 267 g/mol. The molecule has 1 aromatic heterocycles. The highest BCUT2D eigenvalue weighted by Crippen LogP contribution is 2.34. The van der Waals surface area contributed by atoms with E-state index in [-0.39, 0.29) is 17.2 Å². The molecule has 0 saturated carbocycles. The maximum Gasteiger partial charge on any atom is 0.293 e. The number of thioether (sulfide) groups is 1. The predicted octanol–water partition coefficient (Wildman–Crippen LogP) is 3.50. The van der Waals surface area contributed by atoms with Gasteiger partial charge >= 0.3 is 0 Å². The molecule has 0 atom stereocenters. The highest BCUT2D eigenvalue weighted by molar-refractivity contribution is 8.18. The number of hydrogen-bond donors (Lipinski definition) is 0. The minimum absolute atomic E-state index is 0.0847. The summed E-state index contributed by atoms with van der Waals surface area (Å²) >= 11 is 2.64. The van der Waals surface area contributed by atoms with Crippen molar-refractivity contribution in [1.82, 2.24) is 4.90 Å². The summed E-state index contributed by atoms with van der Waals surface area (Å²) in [6.07, 6.45) is 1.80. The van der Waals surface area contributed by atoms with Crippen molar-refractivity contribution in [2.45, 2.75) is 26.8 Å². The highest BCUT2D eigenvalue weighted by atomic mass is 32.2. The molecule has 17 heavy (non-hydrogen) atoms. The number of rotatable bonds is 2. The van der Waals surface area contributed by atoms with Crippen LogP contribution in [-0.4, -0.2) is 22.1 Å². The molecule has 5 heteroatoms. The average Bonchev–Trinajstić information content (AvgIpc) is 2.73. The van der Waals surface area contributed by atoms with Crippen LogP contribution >= 0.6 is 23.1 Å². The Morgan fingerprint density at radius 2 is 2.00 bits per heavy atom. The van der Waals surface area contributed by atoms with E-state index in [1.54, 1.807) is 17.4 Å². The van der Waals surface area contributed by atoms with Crippen molar-refractivity contribution in [3.8, 4) is 0 Å². The molecule has 0 aromatic carbocycles. The first kappa shape index (κ1) is 12.4. The van der Waals surface area contributed by atoms with E-state index in [0.29, 0.717) is 4.91 Å². The van der Waals surface area contributed by atoms with E-state index in [1.165, 1.54) is 9.78 Å². The number of aryl methyl sites for hydroxylation is 1. The van der Waals surface area contributed by atoms with Gasteiger partial charge in [-0.15, -0.1) is 11.3 Å². The number of carbonyl (C=O) groups is 2. The summed E-state index contributed by atoms with van der Waals surface area (Å²) in [5, 5.41) is -0.176. The van der Waals surface area contributed by atoms with Crippen LogP contribution in [0.1, 0.15) is 23.6 Å². The molecule has 0 aliphatic carbocycles. The Labute approximate surface area is 109 Å². The van der Waals surface area contributed by atoms with Crippen LogP contribution in [-0.2, 0) is 4.79 Å². The number of imide groups is 1. The molecule has 0 bridgehead atoms. The molecule has 1 aliphatic rings. The van der Waals surface area contributed by atoms with Crippen LogP contribution in [0.25, 0.3) is 6.08 Å². The van der Waals surface area contributed by atoms with Gasteiger partial charge in [-0.05, 0) is 50.7 Å². The van der Waals surface area contributed by atoms with Crippen LogP contribution < -0.4 is 0 Å². The Morgan fingerprint density at radius 1 is 1.29 bits per heavy atom. The van der Waals surface area contributed by atoms with Gasteiger partial charge in [0.1, 0.15) is 0 Å². The van der Waals surface area contributed by atoms with Crippen molar-refractivity contribution in [3.05, 3.63) is 26.8 Å². The molecule has 1 saturated heterocycles. The molecule has 1 aliphatic heterocycles. The maximum atomic E-state index is 12.0. The summed E-state index contributed by atoms with van der Waals surface area (Å²) in [4.78, 5) is 27.7. The minimum Gasteiger partial charge on any atom is -0.268 e. The van der Waals surface area contributed by atoms with Crippen molar-refractivity contribution in [1.29, 1.82) is 0 Å². The van der Waals surface area contributed by atoms with Crippen molar-refractivity contribution >= 4 is 40.3 Å². The first-order chi connectivity index (χ1) is 7.99. The minimum atomic E-state index is -0.180. The maximum absolute atomic E-state index is 12.0. The van der Waals surface area contributed by atoms with Gasteiger partial charge in [0, 0.05) is 15.8 Å². The Bertz CT molecular complexity index is 502.